The van der Waals surface area contributed by atoms with E-state index in [-0.39, 0.29) is 0 Å². The fourth-order valence-corrected chi connectivity index (χ4v) is 2.09. The summed E-state index contributed by atoms with van der Waals surface area (Å²) < 4.78 is 0. The first-order valence-electron chi connectivity index (χ1n) is 5.73. The van der Waals surface area contributed by atoms with Gasteiger partial charge in [0.25, 0.3) is 0 Å². The molecule has 15 heavy (non-hydrogen) atoms. The van der Waals surface area contributed by atoms with Crippen LogP contribution in [-0.2, 0) is 0 Å². The van der Waals surface area contributed by atoms with Crippen LogP contribution in [0.2, 0.25) is 0 Å². The van der Waals surface area contributed by atoms with Crippen molar-refractivity contribution in [1.29, 1.82) is 0 Å². The van der Waals surface area contributed by atoms with E-state index in [0.29, 0.717) is 18.6 Å². The maximum absolute atomic E-state index is 5.18. The first kappa shape index (κ1) is 12.5. The molecule has 3 heteroatoms. The van der Waals surface area contributed by atoms with E-state index in [4.69, 9.17) is 6.42 Å². The molecule has 0 radical (unpaired) electrons. The monoisotopic (exact) mass is 209 g/mol. The summed E-state index contributed by atoms with van der Waals surface area (Å²) in [5.41, 5.74) is 0. The highest BCUT2D eigenvalue weighted by atomic mass is 15.3. The van der Waals surface area contributed by atoms with Gasteiger partial charge in [-0.25, -0.2) is 0 Å². The average molecular weight is 209 g/mol. The molecule has 0 amide bonds. The van der Waals surface area contributed by atoms with Gasteiger partial charge in [-0.1, -0.05) is 5.92 Å². The second-order valence-electron chi connectivity index (χ2n) is 4.50. The second-order valence-corrected chi connectivity index (χ2v) is 4.50. The van der Waals surface area contributed by atoms with Gasteiger partial charge in [-0.3, -0.25) is 9.80 Å². The van der Waals surface area contributed by atoms with Crippen molar-refractivity contribution in [3.05, 3.63) is 0 Å². The van der Waals surface area contributed by atoms with Crippen LogP contribution in [0.25, 0.3) is 0 Å². The Balaban J connectivity index is 2.23. The van der Waals surface area contributed by atoms with Crippen molar-refractivity contribution in [2.45, 2.75) is 25.9 Å². The lowest BCUT2D eigenvalue weighted by Gasteiger charge is -2.42. The third-order valence-electron chi connectivity index (χ3n) is 3.27. The smallest absolute Gasteiger partial charge is 0.0574 e. The van der Waals surface area contributed by atoms with Crippen molar-refractivity contribution in [2.75, 3.05) is 39.8 Å². The van der Waals surface area contributed by atoms with E-state index in [0.717, 1.165) is 13.1 Å². The van der Waals surface area contributed by atoms with Crippen LogP contribution in [0.15, 0.2) is 0 Å². The zero-order chi connectivity index (χ0) is 11.3. The number of nitrogens with one attached hydrogen (secondary N) is 1. The maximum atomic E-state index is 5.18. The van der Waals surface area contributed by atoms with E-state index < -0.39 is 0 Å². The molecule has 1 rings (SSSR count). The minimum atomic E-state index is 0.654. The van der Waals surface area contributed by atoms with Crippen molar-refractivity contribution in [2.24, 2.45) is 0 Å². The molecule has 1 N–H and O–H groups in total. The van der Waals surface area contributed by atoms with Crippen molar-refractivity contribution in [3.8, 4) is 12.3 Å². The Morgan fingerprint density at radius 1 is 1.33 bits per heavy atom. The summed E-state index contributed by atoms with van der Waals surface area (Å²) in [6, 6.07) is 1.31. The highest BCUT2D eigenvalue weighted by Crippen LogP contribution is 2.12. The summed E-state index contributed by atoms with van der Waals surface area (Å²) >= 11 is 0. The average Bonchev–Trinajstić information content (AvgIpc) is 2.21. The highest BCUT2D eigenvalue weighted by molar-refractivity contribution is 4.87. The van der Waals surface area contributed by atoms with Gasteiger partial charge >= 0.3 is 0 Å². The van der Waals surface area contributed by atoms with E-state index in [9.17, 15) is 0 Å². The van der Waals surface area contributed by atoms with Crippen LogP contribution in [0.3, 0.4) is 0 Å². The lowest BCUT2D eigenvalue weighted by Crippen LogP contribution is -2.55. The van der Waals surface area contributed by atoms with Gasteiger partial charge in [-0.05, 0) is 20.9 Å². The minimum Gasteiger partial charge on any atom is -0.305 e. The van der Waals surface area contributed by atoms with Crippen LogP contribution in [-0.4, -0.2) is 61.7 Å². The summed E-state index contributed by atoms with van der Waals surface area (Å²) in [5, 5.41) is 3.23. The first-order valence-corrected chi connectivity index (χ1v) is 5.73. The van der Waals surface area contributed by atoms with Crippen molar-refractivity contribution in [3.63, 3.8) is 0 Å². The van der Waals surface area contributed by atoms with Gasteiger partial charge < -0.3 is 5.32 Å². The Kier molecular flexibility index (Phi) is 5.10. The van der Waals surface area contributed by atoms with Gasteiger partial charge in [-0.2, -0.15) is 0 Å². The normalized spacial score (nSPS) is 28.9. The Bertz CT molecular complexity index is 209. The van der Waals surface area contributed by atoms with Gasteiger partial charge in [0.1, 0.15) is 0 Å². The predicted molar refractivity (Wildman–Crippen MR) is 64.8 cm³/mol. The van der Waals surface area contributed by atoms with Gasteiger partial charge in [-0.15, -0.1) is 6.42 Å². The van der Waals surface area contributed by atoms with E-state index >= 15 is 0 Å². The summed E-state index contributed by atoms with van der Waals surface area (Å²) in [5.74, 6) is 2.59. The van der Waals surface area contributed by atoms with E-state index in [2.05, 4.69) is 41.9 Å². The third-order valence-corrected chi connectivity index (χ3v) is 3.27. The summed E-state index contributed by atoms with van der Waals surface area (Å²) in [4.78, 5) is 4.96. The molecule has 0 spiro atoms. The van der Waals surface area contributed by atoms with E-state index in [1.54, 1.807) is 0 Å². The summed E-state index contributed by atoms with van der Waals surface area (Å²) in [6.07, 6.45) is 5.18. The molecule has 0 aromatic heterocycles. The zero-order valence-electron chi connectivity index (χ0n) is 10.2. The minimum absolute atomic E-state index is 0.654. The highest BCUT2D eigenvalue weighted by Gasteiger charge is 2.25. The standard InChI is InChI=1S/C12H23N3/c1-5-6-13-7-8-15-9-11(2)14(4)12(3)10-15/h1,11-13H,6-10H2,2-4H3. The molecule has 0 aliphatic carbocycles. The van der Waals surface area contributed by atoms with Crippen LogP contribution in [0.5, 0.6) is 0 Å². The van der Waals surface area contributed by atoms with Gasteiger partial charge in [0.2, 0.25) is 0 Å². The van der Waals surface area contributed by atoms with Crippen LogP contribution in [0, 0.1) is 12.3 Å². The predicted octanol–water partition coefficient (Wildman–Crippen LogP) is 0.234. The van der Waals surface area contributed by atoms with Gasteiger partial charge in [0.15, 0.2) is 0 Å². The Morgan fingerprint density at radius 3 is 2.47 bits per heavy atom. The first-order chi connectivity index (χ1) is 7.15. The molecular weight excluding hydrogens is 186 g/mol. The lowest BCUT2D eigenvalue weighted by atomic mass is 10.1. The molecule has 1 aliphatic heterocycles. The molecule has 3 nitrogen and oxygen atoms in total. The molecule has 0 saturated carbocycles. The molecule has 1 aliphatic rings. The van der Waals surface area contributed by atoms with Crippen LogP contribution < -0.4 is 5.32 Å². The number of piperazine rings is 1. The summed E-state index contributed by atoms with van der Waals surface area (Å²) in [6.45, 7) is 9.68. The third kappa shape index (κ3) is 3.83. The maximum Gasteiger partial charge on any atom is 0.0574 e. The molecule has 2 atom stereocenters. The van der Waals surface area contributed by atoms with Crippen LogP contribution in [0.1, 0.15) is 13.8 Å². The number of rotatable bonds is 4. The molecule has 0 aromatic rings. The van der Waals surface area contributed by atoms with Crippen molar-refractivity contribution < 1.29 is 0 Å². The number of nitrogens with zero attached hydrogens (tertiary/aromatic N) is 2. The Labute approximate surface area is 93.8 Å². The molecule has 0 bridgehead atoms. The lowest BCUT2D eigenvalue weighted by molar-refractivity contribution is 0.0609. The molecule has 86 valence electrons. The summed E-state index contributed by atoms with van der Waals surface area (Å²) in [7, 11) is 2.21. The molecule has 1 saturated heterocycles. The topological polar surface area (TPSA) is 18.5 Å². The number of hydrogen-bond donors (Lipinski definition) is 1. The SMILES string of the molecule is C#CCNCCN1CC(C)N(C)C(C)C1. The zero-order valence-corrected chi connectivity index (χ0v) is 10.2. The molecule has 1 heterocycles. The van der Waals surface area contributed by atoms with Gasteiger partial charge in [0.05, 0.1) is 6.54 Å². The fraction of sp³-hybridized carbons (Fsp3) is 0.833. The second kappa shape index (κ2) is 6.12. The molecule has 0 aromatic carbocycles. The molecule has 2 unspecified atom stereocenters. The van der Waals surface area contributed by atoms with E-state index in [1.165, 1.54) is 13.1 Å². The van der Waals surface area contributed by atoms with Crippen LogP contribution in [0.4, 0.5) is 0 Å². The Hall–Kier alpha value is -0.560. The van der Waals surface area contributed by atoms with Gasteiger partial charge in [0, 0.05) is 38.3 Å². The van der Waals surface area contributed by atoms with Crippen LogP contribution >= 0.6 is 0 Å². The number of terminal acetylenes is 1. The fourth-order valence-electron chi connectivity index (χ4n) is 2.09. The quantitative estimate of drug-likeness (QED) is 0.528. The molecule has 1 fully saturated rings. The number of hydrogen-bond acceptors (Lipinski definition) is 3. The Morgan fingerprint density at radius 2 is 1.93 bits per heavy atom. The number of likely N-dealkylation sites (N-methyl/N-ethyl adjacent to an activating group) is 1. The van der Waals surface area contributed by atoms with Crippen molar-refractivity contribution in [1.82, 2.24) is 15.1 Å². The largest absolute Gasteiger partial charge is 0.305 e. The molecular formula is C12H23N3. The van der Waals surface area contributed by atoms with Crippen molar-refractivity contribution >= 4 is 0 Å². The van der Waals surface area contributed by atoms with E-state index in [1.807, 2.05) is 0 Å².